The molecule has 0 saturated carbocycles. The highest BCUT2D eigenvalue weighted by Gasteiger charge is 2.32. The van der Waals surface area contributed by atoms with Crippen LogP contribution in [0.25, 0.3) is 0 Å². The number of nitrogens with zero attached hydrogens (tertiary/aromatic N) is 2. The zero-order valence-electron chi connectivity index (χ0n) is 20.8. The quantitative estimate of drug-likeness (QED) is 0.523. The van der Waals surface area contributed by atoms with Crippen molar-refractivity contribution in [1.82, 2.24) is 10.2 Å². The summed E-state index contributed by atoms with van der Waals surface area (Å²) in [7, 11) is -2.21. The van der Waals surface area contributed by atoms with Crippen molar-refractivity contribution in [2.75, 3.05) is 30.8 Å². The average molecular weight is 490 g/mol. The molecule has 2 aromatic rings. The Morgan fingerprint density at radius 1 is 1.09 bits per heavy atom. The molecule has 34 heavy (non-hydrogen) atoms. The second-order valence-electron chi connectivity index (χ2n) is 8.18. The molecule has 1 N–H and O–H groups in total. The summed E-state index contributed by atoms with van der Waals surface area (Å²) >= 11 is 0. The van der Waals surface area contributed by atoms with Gasteiger partial charge in [-0.3, -0.25) is 13.9 Å². The Balaban J connectivity index is 2.49. The topological polar surface area (TPSA) is 96.0 Å². The van der Waals surface area contributed by atoms with Gasteiger partial charge in [0.15, 0.2) is 0 Å². The first-order valence-corrected chi connectivity index (χ1v) is 13.1. The number of sulfonamides is 1. The van der Waals surface area contributed by atoms with E-state index in [0.717, 1.165) is 27.3 Å². The number of aryl methyl sites for hydroxylation is 1. The molecule has 2 aromatic carbocycles. The molecule has 8 nitrogen and oxygen atoms in total. The van der Waals surface area contributed by atoms with Crippen molar-refractivity contribution < 1.29 is 22.7 Å². The molecule has 1 atom stereocenters. The number of likely N-dealkylation sites (N-methyl/N-ethyl adjacent to an activating group) is 1. The molecule has 2 amide bonds. The number of benzene rings is 2. The summed E-state index contributed by atoms with van der Waals surface area (Å²) in [5.74, 6) is -0.116. The molecule has 0 heterocycles. The third-order valence-electron chi connectivity index (χ3n) is 5.75. The first kappa shape index (κ1) is 27.2. The molecule has 0 bridgehead atoms. The molecule has 0 aliphatic heterocycles. The van der Waals surface area contributed by atoms with Crippen LogP contribution in [0.15, 0.2) is 42.5 Å². The highest BCUT2D eigenvalue weighted by Crippen LogP contribution is 2.26. The minimum absolute atomic E-state index is 0.135. The van der Waals surface area contributed by atoms with E-state index in [-0.39, 0.29) is 12.5 Å². The van der Waals surface area contributed by atoms with Gasteiger partial charge in [-0.1, -0.05) is 31.2 Å². The van der Waals surface area contributed by atoms with Gasteiger partial charge in [-0.25, -0.2) is 8.42 Å². The lowest BCUT2D eigenvalue weighted by atomic mass is 10.1. The Morgan fingerprint density at radius 2 is 1.76 bits per heavy atom. The first-order chi connectivity index (χ1) is 16.0. The highest BCUT2D eigenvalue weighted by molar-refractivity contribution is 7.92. The van der Waals surface area contributed by atoms with Crippen molar-refractivity contribution in [3.63, 3.8) is 0 Å². The van der Waals surface area contributed by atoms with E-state index < -0.39 is 28.5 Å². The summed E-state index contributed by atoms with van der Waals surface area (Å²) in [6.07, 6.45) is 1.46. The van der Waals surface area contributed by atoms with Gasteiger partial charge in [-0.15, -0.1) is 0 Å². The Kier molecular flexibility index (Phi) is 9.49. The van der Waals surface area contributed by atoms with Gasteiger partial charge in [0.25, 0.3) is 0 Å². The van der Waals surface area contributed by atoms with Crippen molar-refractivity contribution in [3.8, 4) is 5.75 Å². The maximum Gasteiger partial charge on any atom is 0.244 e. The van der Waals surface area contributed by atoms with Crippen LogP contribution in [0.3, 0.4) is 0 Å². The molecule has 0 saturated heterocycles. The van der Waals surface area contributed by atoms with Gasteiger partial charge in [0.2, 0.25) is 21.8 Å². The van der Waals surface area contributed by atoms with Crippen molar-refractivity contribution in [2.45, 2.75) is 46.7 Å². The van der Waals surface area contributed by atoms with Gasteiger partial charge >= 0.3 is 0 Å². The average Bonchev–Trinajstić information content (AvgIpc) is 2.79. The minimum atomic E-state index is -3.77. The third-order valence-corrected chi connectivity index (χ3v) is 6.87. The summed E-state index contributed by atoms with van der Waals surface area (Å²) < 4.78 is 31.9. The van der Waals surface area contributed by atoms with E-state index in [1.807, 2.05) is 45.9 Å². The van der Waals surface area contributed by atoms with Crippen LogP contribution in [0.1, 0.15) is 37.0 Å². The number of methoxy groups -OCH3 is 1. The van der Waals surface area contributed by atoms with Crippen molar-refractivity contribution in [2.24, 2.45) is 0 Å². The lowest BCUT2D eigenvalue weighted by molar-refractivity contribution is -0.140. The number of carbonyl (C=O) groups is 2. The molecule has 0 aliphatic carbocycles. The van der Waals surface area contributed by atoms with Gasteiger partial charge in [-0.05, 0) is 62.1 Å². The molecule has 0 spiro atoms. The Morgan fingerprint density at radius 3 is 2.35 bits per heavy atom. The van der Waals surface area contributed by atoms with E-state index in [1.165, 1.54) is 4.90 Å². The molecule has 186 valence electrons. The number of rotatable bonds is 11. The Bertz CT molecular complexity index is 1120. The van der Waals surface area contributed by atoms with Crippen LogP contribution in [-0.4, -0.2) is 57.6 Å². The Labute approximate surface area is 202 Å². The van der Waals surface area contributed by atoms with Crippen LogP contribution >= 0.6 is 0 Å². The van der Waals surface area contributed by atoms with Gasteiger partial charge in [0, 0.05) is 13.1 Å². The number of hydrogen-bond donors (Lipinski definition) is 1. The number of hydrogen-bond acceptors (Lipinski definition) is 5. The summed E-state index contributed by atoms with van der Waals surface area (Å²) in [4.78, 5) is 27.9. The molecule has 2 rings (SSSR count). The Hall–Kier alpha value is -3.07. The summed E-state index contributed by atoms with van der Waals surface area (Å²) in [6, 6.07) is 11.8. The normalized spacial score (nSPS) is 12.1. The van der Waals surface area contributed by atoms with Gasteiger partial charge in [-0.2, -0.15) is 0 Å². The van der Waals surface area contributed by atoms with Crippen molar-refractivity contribution >= 4 is 27.5 Å². The molecule has 0 aromatic heterocycles. The molecule has 0 radical (unpaired) electrons. The van der Waals surface area contributed by atoms with Crippen LogP contribution in [0.5, 0.6) is 5.75 Å². The number of amides is 2. The van der Waals surface area contributed by atoms with Gasteiger partial charge in [0.1, 0.15) is 18.3 Å². The van der Waals surface area contributed by atoms with Crippen LogP contribution in [-0.2, 0) is 26.2 Å². The molecular formula is C25H35N3O5S. The van der Waals surface area contributed by atoms with Crippen LogP contribution in [0.4, 0.5) is 5.69 Å². The fourth-order valence-electron chi connectivity index (χ4n) is 3.78. The highest BCUT2D eigenvalue weighted by atomic mass is 32.2. The fraction of sp³-hybridized carbons (Fsp3) is 0.440. The number of anilines is 1. The van der Waals surface area contributed by atoms with E-state index in [0.29, 0.717) is 24.4 Å². The molecular weight excluding hydrogens is 454 g/mol. The van der Waals surface area contributed by atoms with Crippen molar-refractivity contribution in [3.05, 3.63) is 59.2 Å². The molecule has 0 unspecified atom stereocenters. The van der Waals surface area contributed by atoms with E-state index in [9.17, 15) is 18.0 Å². The smallest absolute Gasteiger partial charge is 0.244 e. The molecule has 9 heteroatoms. The maximum atomic E-state index is 13.6. The largest absolute Gasteiger partial charge is 0.497 e. The zero-order valence-corrected chi connectivity index (χ0v) is 21.6. The molecule has 0 aliphatic rings. The van der Waals surface area contributed by atoms with E-state index in [1.54, 1.807) is 31.4 Å². The van der Waals surface area contributed by atoms with E-state index >= 15 is 0 Å². The van der Waals surface area contributed by atoms with Crippen LogP contribution in [0, 0.1) is 13.8 Å². The number of carbonyl (C=O) groups excluding carboxylic acids is 2. The van der Waals surface area contributed by atoms with E-state index in [2.05, 4.69) is 5.32 Å². The number of nitrogens with one attached hydrogen (secondary N) is 1. The third kappa shape index (κ3) is 6.72. The first-order valence-electron chi connectivity index (χ1n) is 11.3. The minimum Gasteiger partial charge on any atom is -0.497 e. The monoisotopic (exact) mass is 489 g/mol. The zero-order chi connectivity index (χ0) is 25.5. The fourth-order valence-corrected chi connectivity index (χ4v) is 4.68. The van der Waals surface area contributed by atoms with E-state index in [4.69, 9.17) is 4.74 Å². The maximum absolute atomic E-state index is 13.6. The standard InChI is InChI=1S/C25H35N3O5S/c1-7-22(25(30)26-8-2)27(16-20-12-10-13-21(15-20)33-5)24(29)17-28(34(6,31)32)23-14-9-11-18(3)19(23)4/h9-15,22H,7-8,16-17H2,1-6H3,(H,26,30)/t22-/m0/s1. The lowest BCUT2D eigenvalue weighted by Gasteiger charge is -2.33. The second kappa shape index (κ2) is 11.9. The van der Waals surface area contributed by atoms with Crippen LogP contribution < -0.4 is 14.4 Å². The summed E-state index contributed by atoms with van der Waals surface area (Å²) in [5.41, 5.74) is 2.91. The van der Waals surface area contributed by atoms with Gasteiger partial charge in [0.05, 0.1) is 19.1 Å². The lowest BCUT2D eigenvalue weighted by Crippen LogP contribution is -2.52. The SMILES string of the molecule is CCNC(=O)[C@H](CC)N(Cc1cccc(OC)c1)C(=O)CN(c1cccc(C)c1C)S(C)(=O)=O. The van der Waals surface area contributed by atoms with Crippen molar-refractivity contribution in [1.29, 1.82) is 0 Å². The summed E-state index contributed by atoms with van der Waals surface area (Å²) in [6.45, 7) is 7.49. The van der Waals surface area contributed by atoms with Crippen LogP contribution in [0.2, 0.25) is 0 Å². The second-order valence-corrected chi connectivity index (χ2v) is 10.1. The predicted molar refractivity (Wildman–Crippen MR) is 134 cm³/mol. The predicted octanol–water partition coefficient (Wildman–Crippen LogP) is 3.02. The number of ether oxygens (including phenoxy) is 1. The van der Waals surface area contributed by atoms with Gasteiger partial charge < -0.3 is 15.0 Å². The summed E-state index contributed by atoms with van der Waals surface area (Å²) in [5, 5.41) is 2.78. The molecule has 0 fully saturated rings.